The molecule has 1 aromatic carbocycles. The number of hydrogen-bond donors (Lipinski definition) is 2. The average molecular weight is 149 g/mol. The highest BCUT2D eigenvalue weighted by Gasteiger charge is 1.99. The monoisotopic (exact) mass is 149 g/mol. The lowest BCUT2D eigenvalue weighted by Gasteiger charge is -2.05. The second-order valence-corrected chi connectivity index (χ2v) is 2.80. The Morgan fingerprint density at radius 1 is 1.20 bits per heavy atom. The van der Waals surface area contributed by atoms with E-state index in [1.807, 2.05) is 19.1 Å². The minimum absolute atomic E-state index is 0.622. The van der Waals surface area contributed by atoms with Gasteiger partial charge in [0.25, 0.3) is 0 Å². The maximum atomic E-state index is 5.63. The average Bonchev–Trinajstić information content (AvgIpc) is 1.93. The first kappa shape index (κ1) is 7.15. The first-order valence-electron chi connectivity index (χ1n) is 2.99. The van der Waals surface area contributed by atoms with Gasteiger partial charge in [-0.1, -0.05) is 12.1 Å². The second-order valence-electron chi connectivity index (χ2n) is 2.26. The Hall–Kier alpha value is -0.963. The van der Waals surface area contributed by atoms with Crippen molar-refractivity contribution in [1.29, 1.82) is 0 Å². The summed E-state index contributed by atoms with van der Waals surface area (Å²) in [6, 6.07) is 3.81. The van der Waals surface area contributed by atoms with Crippen LogP contribution in [-0.2, 0) is 0 Å². The molecular weight excluding hydrogens is 140 g/mol. The molecule has 0 aromatic heterocycles. The van der Waals surface area contributed by atoms with Gasteiger partial charge in [-0.05, 0) is 17.7 Å². The van der Waals surface area contributed by atoms with E-state index in [9.17, 15) is 0 Å². The Labute approximate surface area is 63.6 Å². The molecule has 4 N–H and O–H groups in total. The van der Waals surface area contributed by atoms with Crippen molar-refractivity contribution in [2.75, 3.05) is 11.5 Å². The molecule has 0 fully saturated rings. The summed E-state index contributed by atoms with van der Waals surface area (Å²) < 4.78 is 0. The number of rotatable bonds is 0. The molecule has 1 rings (SSSR count). The van der Waals surface area contributed by atoms with Crippen LogP contribution in [0.1, 0.15) is 5.56 Å². The molecule has 0 saturated carbocycles. The quantitative estimate of drug-likeness (QED) is 0.401. The lowest BCUT2D eigenvalue weighted by molar-refractivity contribution is 1.49. The van der Waals surface area contributed by atoms with Crippen molar-refractivity contribution >= 4 is 26.8 Å². The van der Waals surface area contributed by atoms with E-state index in [2.05, 4.69) is 10.2 Å². The van der Waals surface area contributed by atoms with Crippen molar-refractivity contribution < 1.29 is 0 Å². The lowest BCUT2D eigenvalue weighted by Crippen LogP contribution is -2.12. The maximum absolute atomic E-state index is 5.63. The molecule has 1 aromatic rings. The fourth-order valence-corrected chi connectivity index (χ4v) is 0.963. The van der Waals surface area contributed by atoms with Crippen molar-refractivity contribution in [3.8, 4) is 0 Å². The molecule has 0 saturated heterocycles. The van der Waals surface area contributed by atoms with Crippen LogP contribution in [0.5, 0.6) is 0 Å². The van der Waals surface area contributed by atoms with Gasteiger partial charge in [-0.3, -0.25) is 0 Å². The van der Waals surface area contributed by atoms with Crippen LogP contribution in [0.4, 0.5) is 11.4 Å². The molecule has 0 heterocycles. The molecule has 0 unspecified atom stereocenters. The molecule has 0 amide bonds. The smallest absolute Gasteiger partial charge is 0.0742 e. The number of benzene rings is 1. The first-order chi connectivity index (χ1) is 4.63. The first-order valence-corrected chi connectivity index (χ1v) is 3.49. The van der Waals surface area contributed by atoms with E-state index in [0.29, 0.717) is 11.4 Å². The molecular formula is C7H9N2Si. The summed E-state index contributed by atoms with van der Waals surface area (Å²) in [5.41, 5.74) is 13.5. The molecule has 3 heteroatoms. The Balaban J connectivity index is 3.34. The van der Waals surface area contributed by atoms with E-state index in [-0.39, 0.29) is 0 Å². The SMILES string of the molecule is Cc1ccc([Si])c(N)c1N. The van der Waals surface area contributed by atoms with Gasteiger partial charge in [0.2, 0.25) is 0 Å². The van der Waals surface area contributed by atoms with Crippen LogP contribution in [-0.4, -0.2) is 10.2 Å². The Morgan fingerprint density at radius 3 is 2.30 bits per heavy atom. The van der Waals surface area contributed by atoms with Crippen molar-refractivity contribution in [1.82, 2.24) is 0 Å². The predicted molar refractivity (Wildman–Crippen MR) is 45.4 cm³/mol. The summed E-state index contributed by atoms with van der Waals surface area (Å²) >= 11 is 0. The Kier molecular flexibility index (Phi) is 1.67. The number of nitrogens with two attached hydrogens (primary N) is 2. The summed E-state index contributed by atoms with van der Waals surface area (Å²) in [4.78, 5) is 0. The van der Waals surface area contributed by atoms with Crippen molar-refractivity contribution in [2.24, 2.45) is 0 Å². The molecule has 2 nitrogen and oxygen atoms in total. The van der Waals surface area contributed by atoms with E-state index in [4.69, 9.17) is 11.5 Å². The topological polar surface area (TPSA) is 52.0 Å². The van der Waals surface area contributed by atoms with Gasteiger partial charge in [0.05, 0.1) is 21.6 Å². The third kappa shape index (κ3) is 0.997. The van der Waals surface area contributed by atoms with Gasteiger partial charge >= 0.3 is 0 Å². The van der Waals surface area contributed by atoms with Crippen LogP contribution in [0, 0.1) is 6.92 Å². The molecule has 3 radical (unpaired) electrons. The lowest BCUT2D eigenvalue weighted by atomic mass is 10.2. The Morgan fingerprint density at radius 2 is 1.80 bits per heavy atom. The normalized spacial score (nSPS) is 9.80. The molecule has 0 aliphatic carbocycles. The summed E-state index contributed by atoms with van der Waals surface area (Å²) in [5, 5.41) is 0.850. The van der Waals surface area contributed by atoms with Crippen molar-refractivity contribution in [3.05, 3.63) is 17.7 Å². The van der Waals surface area contributed by atoms with Crippen LogP contribution in [0.15, 0.2) is 12.1 Å². The van der Waals surface area contributed by atoms with Crippen molar-refractivity contribution in [3.63, 3.8) is 0 Å². The molecule has 0 spiro atoms. The zero-order chi connectivity index (χ0) is 7.72. The zero-order valence-corrected chi connectivity index (χ0v) is 6.81. The highest BCUT2D eigenvalue weighted by molar-refractivity contribution is 6.36. The minimum atomic E-state index is 0.622. The number of hydrogen-bond acceptors (Lipinski definition) is 2. The van der Waals surface area contributed by atoms with Crippen LogP contribution in [0.3, 0.4) is 0 Å². The van der Waals surface area contributed by atoms with E-state index in [0.717, 1.165) is 10.8 Å². The van der Waals surface area contributed by atoms with Gasteiger partial charge in [0.1, 0.15) is 0 Å². The summed E-state index contributed by atoms with van der Waals surface area (Å²) in [7, 11) is 3.32. The van der Waals surface area contributed by atoms with Gasteiger partial charge in [0.15, 0.2) is 0 Å². The van der Waals surface area contributed by atoms with Crippen LogP contribution in [0.2, 0.25) is 0 Å². The molecule has 10 heavy (non-hydrogen) atoms. The summed E-state index contributed by atoms with van der Waals surface area (Å²) in [6.07, 6.45) is 0. The van der Waals surface area contributed by atoms with E-state index >= 15 is 0 Å². The summed E-state index contributed by atoms with van der Waals surface area (Å²) in [5.74, 6) is 0. The van der Waals surface area contributed by atoms with Gasteiger partial charge in [-0.25, -0.2) is 0 Å². The fraction of sp³-hybridized carbons (Fsp3) is 0.143. The molecule has 0 aliphatic heterocycles. The second kappa shape index (κ2) is 2.34. The number of anilines is 2. The third-order valence-corrected chi connectivity index (χ3v) is 1.94. The number of nitrogen functional groups attached to an aromatic ring is 2. The Bertz CT molecular complexity index is 231. The standard InChI is InChI=1S/C7H9N2Si/c1-4-2-3-5(10)7(9)6(4)8/h2-3H,8-9H2,1H3. The minimum Gasteiger partial charge on any atom is -0.397 e. The molecule has 51 valence electrons. The molecule has 0 atom stereocenters. The van der Waals surface area contributed by atoms with Crippen LogP contribution < -0.4 is 16.7 Å². The zero-order valence-electron chi connectivity index (χ0n) is 5.81. The van der Waals surface area contributed by atoms with E-state index in [1.54, 1.807) is 0 Å². The highest BCUT2D eigenvalue weighted by Crippen LogP contribution is 2.14. The maximum Gasteiger partial charge on any atom is 0.0742 e. The van der Waals surface area contributed by atoms with Gasteiger partial charge in [-0.15, -0.1) is 0 Å². The third-order valence-electron chi connectivity index (χ3n) is 1.51. The number of aryl methyl sites for hydroxylation is 1. The highest BCUT2D eigenvalue weighted by atomic mass is 28.1. The predicted octanol–water partition coefficient (Wildman–Crippen LogP) is -0.0468. The molecule has 0 bridgehead atoms. The van der Waals surface area contributed by atoms with Gasteiger partial charge in [-0.2, -0.15) is 0 Å². The van der Waals surface area contributed by atoms with Crippen molar-refractivity contribution in [2.45, 2.75) is 6.92 Å². The van der Waals surface area contributed by atoms with Gasteiger partial charge < -0.3 is 11.5 Å². The van der Waals surface area contributed by atoms with Crippen LogP contribution >= 0.6 is 0 Å². The van der Waals surface area contributed by atoms with E-state index < -0.39 is 0 Å². The fourth-order valence-electron chi connectivity index (χ4n) is 0.745. The molecule has 0 aliphatic rings. The summed E-state index contributed by atoms with van der Waals surface area (Å²) in [6.45, 7) is 1.93. The largest absolute Gasteiger partial charge is 0.397 e. The van der Waals surface area contributed by atoms with E-state index in [1.165, 1.54) is 0 Å². The van der Waals surface area contributed by atoms with Crippen LogP contribution in [0.25, 0.3) is 0 Å². The van der Waals surface area contributed by atoms with Gasteiger partial charge in [0, 0.05) is 0 Å².